The molecule has 2 aromatic heterocycles. The minimum Gasteiger partial charge on any atom is -0.459 e. The lowest BCUT2D eigenvalue weighted by Crippen LogP contribution is -2.49. The van der Waals surface area contributed by atoms with Gasteiger partial charge in [0.05, 0.1) is 12.6 Å². The van der Waals surface area contributed by atoms with E-state index in [9.17, 15) is 4.79 Å². The van der Waals surface area contributed by atoms with Crippen molar-refractivity contribution >= 4 is 28.2 Å². The summed E-state index contributed by atoms with van der Waals surface area (Å²) in [6.45, 7) is 7.29. The minimum absolute atomic E-state index is 0.0506. The van der Waals surface area contributed by atoms with Gasteiger partial charge in [-0.2, -0.15) is 0 Å². The number of para-hydroxylation sites is 1. The van der Waals surface area contributed by atoms with Crippen LogP contribution in [-0.4, -0.2) is 48.4 Å². The normalized spacial score (nSPS) is 17.2. The lowest BCUT2D eigenvalue weighted by Gasteiger charge is -2.34. The third-order valence-electron chi connectivity index (χ3n) is 5.04. The number of rotatable bonds is 6. The van der Waals surface area contributed by atoms with E-state index in [1.165, 1.54) is 4.88 Å². The van der Waals surface area contributed by atoms with Gasteiger partial charge in [-0.05, 0) is 30.5 Å². The van der Waals surface area contributed by atoms with Crippen LogP contribution in [-0.2, 0) is 11.3 Å². The third kappa shape index (κ3) is 4.58. The number of hydrogen-bond donors (Lipinski definition) is 1. The summed E-state index contributed by atoms with van der Waals surface area (Å²) in [5.41, 5.74) is 0.857. The van der Waals surface area contributed by atoms with Crippen LogP contribution in [0.2, 0.25) is 0 Å². The summed E-state index contributed by atoms with van der Waals surface area (Å²) in [6, 6.07) is 14.1. The standard InChI is InChI=1S/C21H25N3O2S/c1-16(20-13-17-5-2-3-7-19(17)26-20)22-21(25)15-24-10-8-23(9-11-24)14-18-6-4-12-27-18/h2-7,12-13,16H,8-11,14-15H2,1H3,(H,22,25)/t16-/m0/s1. The molecule has 0 spiro atoms. The molecule has 3 aromatic rings. The van der Waals surface area contributed by atoms with Crippen molar-refractivity contribution in [2.24, 2.45) is 0 Å². The van der Waals surface area contributed by atoms with E-state index in [2.05, 4.69) is 32.6 Å². The highest BCUT2D eigenvalue weighted by molar-refractivity contribution is 7.09. The first kappa shape index (κ1) is 18.2. The second kappa shape index (κ2) is 8.25. The fraction of sp³-hybridized carbons (Fsp3) is 0.381. The number of piperazine rings is 1. The zero-order valence-electron chi connectivity index (χ0n) is 15.6. The first-order valence-electron chi connectivity index (χ1n) is 9.42. The van der Waals surface area contributed by atoms with Crippen molar-refractivity contribution < 1.29 is 9.21 Å². The summed E-state index contributed by atoms with van der Waals surface area (Å²) >= 11 is 1.81. The molecule has 1 saturated heterocycles. The summed E-state index contributed by atoms with van der Waals surface area (Å²) in [6.07, 6.45) is 0. The highest BCUT2D eigenvalue weighted by Crippen LogP contribution is 2.23. The van der Waals surface area contributed by atoms with E-state index in [4.69, 9.17) is 4.42 Å². The minimum atomic E-state index is -0.134. The Hall–Kier alpha value is -2.15. The molecule has 142 valence electrons. The number of carbonyl (C=O) groups is 1. The fourth-order valence-corrected chi connectivity index (χ4v) is 4.25. The van der Waals surface area contributed by atoms with E-state index in [0.29, 0.717) is 6.54 Å². The fourth-order valence-electron chi connectivity index (χ4n) is 3.51. The van der Waals surface area contributed by atoms with Crippen molar-refractivity contribution in [1.82, 2.24) is 15.1 Å². The SMILES string of the molecule is C[C@H](NC(=O)CN1CCN(Cc2cccs2)CC1)c1cc2ccccc2o1. The molecule has 6 heteroatoms. The predicted octanol–water partition coefficient (Wildman–Crippen LogP) is 3.49. The van der Waals surface area contributed by atoms with Gasteiger partial charge in [0.15, 0.2) is 0 Å². The van der Waals surface area contributed by atoms with Crippen LogP contribution < -0.4 is 5.32 Å². The van der Waals surface area contributed by atoms with Gasteiger partial charge in [-0.1, -0.05) is 24.3 Å². The average molecular weight is 384 g/mol. The quantitative estimate of drug-likeness (QED) is 0.708. The molecule has 0 saturated carbocycles. The lowest BCUT2D eigenvalue weighted by molar-refractivity contribution is -0.123. The summed E-state index contributed by atoms with van der Waals surface area (Å²) in [5.74, 6) is 0.847. The number of nitrogens with one attached hydrogen (secondary N) is 1. The van der Waals surface area contributed by atoms with Gasteiger partial charge < -0.3 is 9.73 Å². The molecule has 0 unspecified atom stereocenters. The van der Waals surface area contributed by atoms with E-state index >= 15 is 0 Å². The lowest BCUT2D eigenvalue weighted by atomic mass is 10.2. The number of furan rings is 1. The van der Waals surface area contributed by atoms with Crippen LogP contribution in [0, 0.1) is 0 Å². The molecule has 1 atom stereocenters. The van der Waals surface area contributed by atoms with Crippen LogP contribution in [0.5, 0.6) is 0 Å². The molecular formula is C21H25N3O2S. The molecular weight excluding hydrogens is 358 g/mol. The molecule has 1 N–H and O–H groups in total. The smallest absolute Gasteiger partial charge is 0.234 e. The number of carbonyl (C=O) groups excluding carboxylic acids is 1. The predicted molar refractivity (Wildman–Crippen MR) is 109 cm³/mol. The van der Waals surface area contributed by atoms with Gasteiger partial charge in [-0.15, -0.1) is 11.3 Å². The molecule has 1 aliphatic heterocycles. The Labute approximate surface area is 163 Å². The molecule has 0 bridgehead atoms. The van der Waals surface area contributed by atoms with E-state index < -0.39 is 0 Å². The molecule has 0 aliphatic carbocycles. The molecule has 3 heterocycles. The first-order chi connectivity index (χ1) is 13.2. The second-order valence-electron chi connectivity index (χ2n) is 7.11. The maximum Gasteiger partial charge on any atom is 0.234 e. The van der Waals surface area contributed by atoms with Crippen molar-refractivity contribution in [3.8, 4) is 0 Å². The molecule has 0 radical (unpaired) electrons. The number of thiophene rings is 1. The molecule has 1 amide bonds. The third-order valence-corrected chi connectivity index (χ3v) is 5.90. The summed E-state index contributed by atoms with van der Waals surface area (Å²) in [5, 5.41) is 6.26. The largest absolute Gasteiger partial charge is 0.459 e. The van der Waals surface area contributed by atoms with Crippen molar-refractivity contribution in [2.45, 2.75) is 19.5 Å². The molecule has 27 heavy (non-hydrogen) atoms. The Balaban J connectivity index is 1.24. The average Bonchev–Trinajstić information content (AvgIpc) is 3.32. The number of nitrogens with zero attached hydrogens (tertiary/aromatic N) is 2. The van der Waals surface area contributed by atoms with Crippen molar-refractivity contribution in [2.75, 3.05) is 32.7 Å². The summed E-state index contributed by atoms with van der Waals surface area (Å²) in [4.78, 5) is 18.5. The molecule has 4 rings (SSSR count). The van der Waals surface area contributed by atoms with Crippen molar-refractivity contribution in [3.05, 3.63) is 58.5 Å². The van der Waals surface area contributed by atoms with E-state index in [1.807, 2.05) is 37.3 Å². The monoisotopic (exact) mass is 383 g/mol. The highest BCUT2D eigenvalue weighted by atomic mass is 32.1. The van der Waals surface area contributed by atoms with Gasteiger partial charge in [0, 0.05) is 43.0 Å². The Kier molecular flexibility index (Phi) is 5.57. The maximum atomic E-state index is 12.4. The van der Waals surface area contributed by atoms with Crippen LogP contribution in [0.4, 0.5) is 0 Å². The topological polar surface area (TPSA) is 48.7 Å². The maximum absolute atomic E-state index is 12.4. The van der Waals surface area contributed by atoms with Gasteiger partial charge in [0.1, 0.15) is 11.3 Å². The molecule has 1 aromatic carbocycles. The summed E-state index contributed by atoms with van der Waals surface area (Å²) in [7, 11) is 0. The van der Waals surface area contributed by atoms with Gasteiger partial charge in [-0.25, -0.2) is 0 Å². The summed E-state index contributed by atoms with van der Waals surface area (Å²) < 4.78 is 5.85. The Morgan fingerprint density at radius 3 is 2.67 bits per heavy atom. The number of hydrogen-bond acceptors (Lipinski definition) is 5. The van der Waals surface area contributed by atoms with Gasteiger partial charge in [-0.3, -0.25) is 14.6 Å². The number of amides is 1. The highest BCUT2D eigenvalue weighted by Gasteiger charge is 2.21. The van der Waals surface area contributed by atoms with Crippen LogP contribution >= 0.6 is 11.3 Å². The Morgan fingerprint density at radius 2 is 1.93 bits per heavy atom. The Bertz CT molecular complexity index is 849. The first-order valence-corrected chi connectivity index (χ1v) is 10.3. The molecule has 5 nitrogen and oxygen atoms in total. The van der Waals surface area contributed by atoms with Crippen LogP contribution in [0.3, 0.4) is 0 Å². The van der Waals surface area contributed by atoms with Gasteiger partial charge in [0.2, 0.25) is 5.91 Å². The van der Waals surface area contributed by atoms with Crippen LogP contribution in [0.15, 0.2) is 52.3 Å². The van der Waals surface area contributed by atoms with Crippen molar-refractivity contribution in [1.29, 1.82) is 0 Å². The van der Waals surface area contributed by atoms with Crippen LogP contribution in [0.25, 0.3) is 11.0 Å². The van der Waals surface area contributed by atoms with Crippen molar-refractivity contribution in [3.63, 3.8) is 0 Å². The Morgan fingerprint density at radius 1 is 1.15 bits per heavy atom. The zero-order valence-corrected chi connectivity index (χ0v) is 16.4. The van der Waals surface area contributed by atoms with Crippen LogP contribution in [0.1, 0.15) is 23.6 Å². The molecule has 1 fully saturated rings. The second-order valence-corrected chi connectivity index (χ2v) is 8.14. The number of fused-ring (bicyclic) bond motifs is 1. The zero-order chi connectivity index (χ0) is 18.6. The van der Waals surface area contributed by atoms with Gasteiger partial charge >= 0.3 is 0 Å². The van der Waals surface area contributed by atoms with E-state index in [1.54, 1.807) is 11.3 Å². The van der Waals surface area contributed by atoms with E-state index in [0.717, 1.165) is 49.5 Å². The number of benzene rings is 1. The van der Waals surface area contributed by atoms with Gasteiger partial charge in [0.25, 0.3) is 0 Å². The van der Waals surface area contributed by atoms with E-state index in [-0.39, 0.29) is 11.9 Å². The molecule has 1 aliphatic rings.